The fourth-order valence-corrected chi connectivity index (χ4v) is 3.47. The monoisotopic (exact) mass is 276 g/mol. The molecule has 0 aromatic carbocycles. The molecule has 1 saturated heterocycles. The lowest BCUT2D eigenvalue weighted by atomic mass is 10.2. The zero-order chi connectivity index (χ0) is 13.1. The Balaban J connectivity index is 1.62. The molecule has 1 aromatic heterocycles. The van der Waals surface area contributed by atoms with Crippen molar-refractivity contribution in [2.24, 2.45) is 0 Å². The van der Waals surface area contributed by atoms with E-state index in [9.17, 15) is 0 Å². The summed E-state index contributed by atoms with van der Waals surface area (Å²) in [6.07, 6.45) is 5.97. The summed E-state index contributed by atoms with van der Waals surface area (Å²) in [5.74, 6) is 0. The largest absolute Gasteiger partial charge is 0.348 e. The molecule has 0 spiro atoms. The molecule has 3 heterocycles. The Morgan fingerprint density at radius 2 is 1.95 bits per heavy atom. The number of piperazine rings is 1. The van der Waals surface area contributed by atoms with Crippen molar-refractivity contribution in [1.29, 1.82) is 0 Å². The summed E-state index contributed by atoms with van der Waals surface area (Å²) in [6, 6.07) is 4.23. The Morgan fingerprint density at radius 3 is 2.68 bits per heavy atom. The number of nitrogens with zero attached hydrogens (tertiary/aromatic N) is 4. The van der Waals surface area contributed by atoms with Crippen LogP contribution in [0.25, 0.3) is 0 Å². The van der Waals surface area contributed by atoms with E-state index in [0.717, 1.165) is 19.8 Å². The number of pyridine rings is 1. The smallest absolute Gasteiger partial charge is 0.105 e. The maximum Gasteiger partial charge on any atom is 0.105 e. The van der Waals surface area contributed by atoms with E-state index in [1.165, 1.54) is 18.7 Å². The molecular weight excluding hydrogens is 256 g/mol. The first-order valence-electron chi connectivity index (χ1n) is 6.71. The van der Waals surface area contributed by atoms with Crippen LogP contribution in [0.3, 0.4) is 0 Å². The summed E-state index contributed by atoms with van der Waals surface area (Å²) in [6.45, 7) is 5.68. The van der Waals surface area contributed by atoms with Crippen LogP contribution in [0.4, 0.5) is 0 Å². The average molecular weight is 276 g/mol. The van der Waals surface area contributed by atoms with E-state index >= 15 is 0 Å². The summed E-state index contributed by atoms with van der Waals surface area (Å²) in [5.41, 5.74) is 1.33. The molecule has 0 N–H and O–H groups in total. The molecule has 0 bridgehead atoms. The number of hydrogen-bond acceptors (Lipinski definition) is 5. The van der Waals surface area contributed by atoms with E-state index in [1.807, 2.05) is 24.2 Å². The second-order valence-corrected chi connectivity index (χ2v) is 6.12. The summed E-state index contributed by atoms with van der Waals surface area (Å²) in [4.78, 5) is 11.5. The fraction of sp³-hybridized carbons (Fsp3) is 0.500. The molecule has 19 heavy (non-hydrogen) atoms. The predicted octanol–water partition coefficient (Wildman–Crippen LogP) is 1.81. The summed E-state index contributed by atoms with van der Waals surface area (Å²) in [5, 5.41) is 2.60. The minimum atomic E-state index is 0.405. The topological polar surface area (TPSA) is 22.6 Å². The van der Waals surface area contributed by atoms with Gasteiger partial charge < -0.3 is 9.80 Å². The van der Waals surface area contributed by atoms with Gasteiger partial charge in [-0.25, -0.2) is 0 Å². The maximum atomic E-state index is 4.10. The first kappa shape index (κ1) is 13.0. The first-order chi connectivity index (χ1) is 9.33. The van der Waals surface area contributed by atoms with Crippen LogP contribution in [0.5, 0.6) is 0 Å². The number of rotatable bonds is 3. The Morgan fingerprint density at radius 1 is 1.21 bits per heavy atom. The van der Waals surface area contributed by atoms with E-state index < -0.39 is 0 Å². The third-order valence-electron chi connectivity index (χ3n) is 3.71. The molecule has 1 atom stereocenters. The third-order valence-corrected chi connectivity index (χ3v) is 4.79. The van der Waals surface area contributed by atoms with E-state index in [2.05, 4.69) is 50.5 Å². The molecule has 5 heteroatoms. The third kappa shape index (κ3) is 3.11. The minimum absolute atomic E-state index is 0.405. The normalized spacial score (nSPS) is 25.1. The molecule has 4 nitrogen and oxygen atoms in total. The molecule has 0 saturated carbocycles. The van der Waals surface area contributed by atoms with E-state index in [1.54, 1.807) is 0 Å². The quantitative estimate of drug-likeness (QED) is 0.837. The average Bonchev–Trinajstić information content (AvgIpc) is 2.90. The van der Waals surface area contributed by atoms with Gasteiger partial charge in [-0.1, -0.05) is 0 Å². The van der Waals surface area contributed by atoms with Crippen LogP contribution < -0.4 is 0 Å². The number of hydrogen-bond donors (Lipinski definition) is 0. The van der Waals surface area contributed by atoms with Crippen LogP contribution in [-0.2, 0) is 0 Å². The predicted molar refractivity (Wildman–Crippen MR) is 79.5 cm³/mol. The van der Waals surface area contributed by atoms with Crippen LogP contribution in [0, 0.1) is 0 Å². The van der Waals surface area contributed by atoms with Crippen molar-refractivity contribution in [2.75, 3.05) is 39.9 Å². The van der Waals surface area contributed by atoms with Crippen LogP contribution >= 0.6 is 11.8 Å². The summed E-state index contributed by atoms with van der Waals surface area (Å²) in [7, 11) is 2.20. The lowest BCUT2D eigenvalue weighted by Gasteiger charge is -2.36. The highest BCUT2D eigenvalue weighted by Gasteiger charge is 2.24. The van der Waals surface area contributed by atoms with Crippen LogP contribution in [0.15, 0.2) is 36.1 Å². The standard InChI is InChI=1S/C14H20N4S/c1-16-6-8-17(9-7-16)12-18-10-11-19-14(18)13-2-4-15-5-3-13/h2-5,10-11,14H,6-9,12H2,1H3. The lowest BCUT2D eigenvalue weighted by Crippen LogP contribution is -2.47. The molecule has 0 radical (unpaired) electrons. The number of thioether (sulfide) groups is 1. The van der Waals surface area contributed by atoms with Gasteiger partial charge in [-0.15, -0.1) is 11.8 Å². The Labute approximate surface area is 119 Å². The van der Waals surface area contributed by atoms with Crippen LogP contribution in [-0.4, -0.2) is 59.6 Å². The van der Waals surface area contributed by atoms with Gasteiger partial charge in [0, 0.05) is 44.8 Å². The van der Waals surface area contributed by atoms with Gasteiger partial charge in [-0.05, 0) is 30.2 Å². The molecular formula is C14H20N4S. The molecule has 1 unspecified atom stereocenters. The Bertz CT molecular complexity index is 428. The molecule has 0 aliphatic carbocycles. The highest BCUT2D eigenvalue weighted by atomic mass is 32.2. The van der Waals surface area contributed by atoms with Crippen molar-refractivity contribution in [3.05, 3.63) is 41.7 Å². The molecule has 102 valence electrons. The van der Waals surface area contributed by atoms with E-state index in [-0.39, 0.29) is 0 Å². The SMILES string of the molecule is CN1CCN(CN2C=CSC2c2ccncc2)CC1. The van der Waals surface area contributed by atoms with Gasteiger partial charge in [-0.2, -0.15) is 0 Å². The second kappa shape index (κ2) is 5.94. The number of aromatic nitrogens is 1. The summed E-state index contributed by atoms with van der Waals surface area (Å²) < 4.78 is 0. The van der Waals surface area contributed by atoms with Gasteiger partial charge in [0.25, 0.3) is 0 Å². The van der Waals surface area contributed by atoms with Crippen molar-refractivity contribution in [2.45, 2.75) is 5.37 Å². The van der Waals surface area contributed by atoms with Gasteiger partial charge in [0.05, 0.1) is 6.67 Å². The molecule has 1 aromatic rings. The van der Waals surface area contributed by atoms with E-state index in [0.29, 0.717) is 5.37 Å². The Hall–Kier alpha value is -1.04. The van der Waals surface area contributed by atoms with Crippen LogP contribution in [0.2, 0.25) is 0 Å². The van der Waals surface area contributed by atoms with Gasteiger partial charge >= 0.3 is 0 Å². The zero-order valence-corrected chi connectivity index (χ0v) is 12.1. The second-order valence-electron chi connectivity index (χ2n) is 5.13. The molecule has 0 amide bonds. The highest BCUT2D eigenvalue weighted by Crippen LogP contribution is 2.38. The van der Waals surface area contributed by atoms with Gasteiger partial charge in [0.1, 0.15) is 5.37 Å². The van der Waals surface area contributed by atoms with Crippen molar-refractivity contribution in [3.63, 3.8) is 0 Å². The van der Waals surface area contributed by atoms with Gasteiger partial charge in [0.15, 0.2) is 0 Å². The maximum absolute atomic E-state index is 4.10. The number of likely N-dealkylation sites (N-methyl/N-ethyl adjacent to an activating group) is 1. The van der Waals surface area contributed by atoms with Crippen molar-refractivity contribution in [3.8, 4) is 0 Å². The van der Waals surface area contributed by atoms with Gasteiger partial charge in [-0.3, -0.25) is 9.88 Å². The van der Waals surface area contributed by atoms with E-state index in [4.69, 9.17) is 0 Å². The molecule has 2 aliphatic rings. The zero-order valence-electron chi connectivity index (χ0n) is 11.3. The molecule has 1 fully saturated rings. The highest BCUT2D eigenvalue weighted by molar-refractivity contribution is 8.02. The molecule has 2 aliphatic heterocycles. The Kier molecular flexibility index (Phi) is 4.06. The van der Waals surface area contributed by atoms with Crippen LogP contribution in [0.1, 0.15) is 10.9 Å². The molecule has 3 rings (SSSR count). The lowest BCUT2D eigenvalue weighted by molar-refractivity contribution is 0.103. The van der Waals surface area contributed by atoms with Crippen molar-refractivity contribution >= 4 is 11.8 Å². The minimum Gasteiger partial charge on any atom is -0.348 e. The first-order valence-corrected chi connectivity index (χ1v) is 7.66. The fourth-order valence-electron chi connectivity index (χ4n) is 2.48. The van der Waals surface area contributed by atoms with Crippen molar-refractivity contribution < 1.29 is 0 Å². The summed E-state index contributed by atoms with van der Waals surface area (Å²) >= 11 is 1.87. The van der Waals surface area contributed by atoms with Gasteiger partial charge in [0.2, 0.25) is 0 Å². The van der Waals surface area contributed by atoms with Crippen molar-refractivity contribution in [1.82, 2.24) is 19.7 Å².